The summed E-state index contributed by atoms with van der Waals surface area (Å²) in [7, 11) is 0. The van der Waals surface area contributed by atoms with E-state index in [1.165, 1.54) is 20.8 Å². The van der Waals surface area contributed by atoms with Gasteiger partial charge in [0.1, 0.15) is 47.9 Å². The number of alkyl carbamates (subject to hydrolysis) is 1. The second-order valence-electron chi connectivity index (χ2n) is 24.8. The second kappa shape index (κ2) is 34.6. The lowest BCUT2D eigenvalue weighted by Crippen LogP contribution is -2.60. The zero-order valence-corrected chi connectivity index (χ0v) is 51.4. The van der Waals surface area contributed by atoms with Gasteiger partial charge in [0.05, 0.1) is 0 Å². The largest absolute Gasteiger partial charge is 0.444 e. The van der Waals surface area contributed by atoms with Gasteiger partial charge in [-0.05, 0) is 122 Å². The maximum atomic E-state index is 13.8. The first kappa shape index (κ1) is 72.4. The summed E-state index contributed by atoms with van der Waals surface area (Å²) < 4.78 is 5.35. The number of urea groups is 3. The van der Waals surface area contributed by atoms with Crippen LogP contribution in [0.4, 0.5) is 19.2 Å². The molecule has 0 spiro atoms. The molecule has 81 heavy (non-hydrogen) atoms. The Morgan fingerprint density at radius 1 is 0.457 bits per heavy atom. The van der Waals surface area contributed by atoms with E-state index < -0.39 is 126 Å². The van der Waals surface area contributed by atoms with Gasteiger partial charge in [0.25, 0.3) is 0 Å². The molecule has 1 saturated carbocycles. The van der Waals surface area contributed by atoms with Crippen LogP contribution in [0.3, 0.4) is 0 Å². The summed E-state index contributed by atoms with van der Waals surface area (Å²) in [6.45, 7) is 32.1. The maximum Gasteiger partial charge on any atom is 0.408 e. The van der Waals surface area contributed by atoms with Gasteiger partial charge in [0, 0.05) is 37.8 Å². The molecule has 1 rings (SSSR count). The molecule has 1 aliphatic carbocycles. The van der Waals surface area contributed by atoms with E-state index in [0.29, 0.717) is 12.8 Å². The van der Waals surface area contributed by atoms with Crippen LogP contribution in [0.1, 0.15) is 157 Å². The van der Waals surface area contributed by atoms with E-state index >= 15 is 0 Å². The fourth-order valence-corrected chi connectivity index (χ4v) is 8.48. The predicted octanol–water partition coefficient (Wildman–Crippen LogP) is 1.85. The molecule has 1 aliphatic rings. The van der Waals surface area contributed by atoms with Crippen molar-refractivity contribution in [1.82, 2.24) is 69.1 Å². The number of carbonyl (C=O) groups is 11. The number of carbonyl (C=O) groups excluding carboxylic acids is 11. The summed E-state index contributed by atoms with van der Waals surface area (Å²) in [5, 5.41) is 35.1. The van der Waals surface area contributed by atoms with Crippen molar-refractivity contribution in [3.63, 3.8) is 0 Å². The normalized spacial score (nSPS) is 17.7. The molecule has 0 aromatic rings. The summed E-state index contributed by atoms with van der Waals surface area (Å²) >= 11 is 0. The topological polar surface area (TPSA) is 379 Å². The second-order valence-corrected chi connectivity index (χ2v) is 24.8. The molecule has 0 radical (unpaired) electrons. The molecule has 0 saturated heterocycles. The molecule has 1 fully saturated rings. The highest BCUT2D eigenvalue weighted by molar-refractivity contribution is 5.97. The number of nitrogens with two attached hydrogens (primary N) is 1. The highest BCUT2D eigenvalue weighted by atomic mass is 16.6. The highest BCUT2D eigenvalue weighted by Crippen LogP contribution is 2.40. The average Bonchev–Trinajstić information content (AvgIpc) is 4.07. The van der Waals surface area contributed by atoms with Crippen LogP contribution in [0.15, 0.2) is 0 Å². The molecule has 0 aliphatic heterocycles. The molecule has 0 aromatic heterocycles. The van der Waals surface area contributed by atoms with Crippen LogP contribution in [0.25, 0.3) is 0 Å². The molecule has 464 valence electrons. The lowest BCUT2D eigenvalue weighted by Gasteiger charge is -2.28. The number of rotatable bonds is 33. The zero-order valence-electron chi connectivity index (χ0n) is 51.4. The van der Waals surface area contributed by atoms with Crippen molar-refractivity contribution in [3.8, 4) is 0 Å². The Morgan fingerprint density at radius 2 is 0.840 bits per heavy atom. The molecule has 0 aromatic carbocycles. The Bertz CT molecular complexity index is 2120. The Balaban J connectivity index is 2.96. The first-order chi connectivity index (χ1) is 37.4. The Hall–Kier alpha value is -6.63. The van der Waals surface area contributed by atoms with Crippen molar-refractivity contribution in [2.24, 2.45) is 47.2 Å². The molecule has 2 unspecified atom stereocenters. The fraction of sp³-hybridized carbons (Fsp3) is 0.800. The Morgan fingerprint density at radius 3 is 1.21 bits per heavy atom. The number of ether oxygens (including phenoxy) is 1. The summed E-state index contributed by atoms with van der Waals surface area (Å²) in [5.41, 5.74) is 4.39. The van der Waals surface area contributed by atoms with Gasteiger partial charge in [-0.3, -0.25) is 33.6 Å². The third-order valence-corrected chi connectivity index (χ3v) is 13.0. The Labute approximate surface area is 480 Å². The van der Waals surface area contributed by atoms with E-state index in [-0.39, 0.29) is 86.4 Å². The number of hydrogen-bond donors (Lipinski definition) is 14. The van der Waals surface area contributed by atoms with Gasteiger partial charge in [0.2, 0.25) is 41.4 Å². The van der Waals surface area contributed by atoms with Crippen LogP contribution in [-0.2, 0) is 38.3 Å². The van der Waals surface area contributed by atoms with E-state index in [4.69, 9.17) is 10.5 Å². The first-order valence-corrected chi connectivity index (χ1v) is 28.6. The first-order valence-electron chi connectivity index (χ1n) is 28.6. The van der Waals surface area contributed by atoms with Crippen LogP contribution in [0.2, 0.25) is 0 Å². The molecule has 0 heterocycles. The van der Waals surface area contributed by atoms with Gasteiger partial charge in [0.15, 0.2) is 0 Å². The molecule has 14 amide bonds. The fourth-order valence-electron chi connectivity index (χ4n) is 8.48. The lowest BCUT2D eigenvalue weighted by atomic mass is 10.00. The van der Waals surface area contributed by atoms with Gasteiger partial charge in [-0.1, -0.05) is 76.2 Å². The van der Waals surface area contributed by atoms with Crippen molar-refractivity contribution in [3.05, 3.63) is 0 Å². The molecule has 0 bridgehead atoms. The van der Waals surface area contributed by atoms with Gasteiger partial charge in [-0.25, -0.2) is 19.2 Å². The van der Waals surface area contributed by atoms with Crippen LogP contribution >= 0.6 is 0 Å². The smallest absolute Gasteiger partial charge is 0.408 e. The van der Waals surface area contributed by atoms with Crippen molar-refractivity contribution >= 4 is 65.5 Å². The van der Waals surface area contributed by atoms with Crippen LogP contribution in [-0.4, -0.2) is 151 Å². The minimum atomic E-state index is -1.20. The van der Waals surface area contributed by atoms with E-state index in [9.17, 15) is 52.7 Å². The minimum absolute atomic E-state index is 0.0221. The zero-order chi connectivity index (χ0) is 62.2. The van der Waals surface area contributed by atoms with E-state index in [1.807, 2.05) is 76.2 Å². The summed E-state index contributed by atoms with van der Waals surface area (Å²) in [6, 6.07) is -10.9. The number of amides is 14. The SMILES string of the molecule is CC(C)C[C@@H](CNC(N)=O)NC(=O)NC[C@H](C)NC(=O)NC[C@@H](NC(=O)[C@H](CC(C)C)NC(=O)[C@H](C)NC(=O)[C@H](CC(C)C)NC(=O)[C@H](C)NC(=O)[C@H](CC(C)C)NC(=O)[C@H](C)NC(=O)[C@@H](NC(=O)OC(C)(C)C)C1CC1C)C(C)C. The van der Waals surface area contributed by atoms with Gasteiger partial charge in [-0.15, -0.1) is 0 Å². The predicted molar refractivity (Wildman–Crippen MR) is 308 cm³/mol. The Kier molecular flexibility index (Phi) is 30.9. The maximum absolute atomic E-state index is 13.8. The third kappa shape index (κ3) is 30.1. The number of primary amides is 1. The van der Waals surface area contributed by atoms with Crippen LogP contribution in [0.5, 0.6) is 0 Å². The molecule has 26 heteroatoms. The molecule has 26 nitrogen and oxygen atoms in total. The average molecular weight is 1150 g/mol. The standard InChI is InChI=1S/C55H102N14O12/c1-27(2)19-37(25-57-51(56)77)64-53(79)58-24-33(12)60-52(78)59-26-42(31(9)10)68-49(75)41(22-30(7)8)67-45(71)35(14)62-47(73)39(20-28(3)4)65-44(70)34(13)61-48(74)40(21-29(5)6)66-46(72)36(15)63-50(76)43(38-23-32(38)11)69-54(80)81-55(16,17)18/h27-43H,19-26H2,1-18H3,(H,61,74)(H,62,73)(H,63,76)(H,65,70)(H,66,72)(H,67,71)(H,68,75)(H,69,80)(H3,56,57,77)(H2,58,64,79)(H2,59,60,78)/t32?,33-,34-,35-,36-,37-,38?,39-,40-,41-,42+,43-/m0/s1. The molecular weight excluding hydrogens is 1050 g/mol. The highest BCUT2D eigenvalue weighted by Gasteiger charge is 2.45. The van der Waals surface area contributed by atoms with Crippen LogP contribution < -0.4 is 74.9 Å². The quantitative estimate of drug-likeness (QED) is 0.0448. The van der Waals surface area contributed by atoms with Crippen LogP contribution in [0, 0.1) is 41.4 Å². The van der Waals surface area contributed by atoms with Crippen molar-refractivity contribution in [1.29, 1.82) is 0 Å². The lowest BCUT2D eigenvalue weighted by molar-refractivity contribution is -0.135. The van der Waals surface area contributed by atoms with E-state index in [2.05, 4.69) is 69.1 Å². The summed E-state index contributed by atoms with van der Waals surface area (Å²) in [5.74, 6) is -4.71. The van der Waals surface area contributed by atoms with E-state index in [0.717, 1.165) is 0 Å². The molecular formula is C55H102N14O12. The van der Waals surface area contributed by atoms with Crippen molar-refractivity contribution in [2.45, 2.75) is 223 Å². The van der Waals surface area contributed by atoms with Crippen molar-refractivity contribution in [2.75, 3.05) is 19.6 Å². The van der Waals surface area contributed by atoms with E-state index in [1.54, 1.807) is 27.7 Å². The number of hydrogen-bond acceptors (Lipinski definition) is 12. The van der Waals surface area contributed by atoms with Gasteiger partial charge >= 0.3 is 24.2 Å². The van der Waals surface area contributed by atoms with Gasteiger partial charge in [-0.2, -0.15) is 0 Å². The van der Waals surface area contributed by atoms with Gasteiger partial charge < -0.3 is 79.6 Å². The molecule has 12 atom stereocenters. The minimum Gasteiger partial charge on any atom is -0.444 e. The summed E-state index contributed by atoms with van der Waals surface area (Å²) in [4.78, 5) is 145. The van der Waals surface area contributed by atoms with Crippen molar-refractivity contribution < 1.29 is 57.5 Å². The molecule has 15 N–H and O–H groups in total. The number of nitrogens with one attached hydrogen (secondary N) is 13. The monoisotopic (exact) mass is 1150 g/mol. The summed E-state index contributed by atoms with van der Waals surface area (Å²) in [6.07, 6.45) is 1.08. The third-order valence-electron chi connectivity index (χ3n) is 13.0.